The summed E-state index contributed by atoms with van der Waals surface area (Å²) in [5, 5.41) is 0. The fourth-order valence-corrected chi connectivity index (χ4v) is 3.12. The van der Waals surface area contributed by atoms with E-state index in [2.05, 4.69) is 13.0 Å². The minimum atomic E-state index is 0.775. The van der Waals surface area contributed by atoms with Crippen molar-refractivity contribution in [3.05, 3.63) is 11.6 Å². The van der Waals surface area contributed by atoms with Gasteiger partial charge in [-0.25, -0.2) is 0 Å². The first-order valence-corrected chi connectivity index (χ1v) is 6.03. The molecule has 0 nitrogen and oxygen atoms in total. The van der Waals surface area contributed by atoms with Crippen LogP contribution in [0.15, 0.2) is 11.6 Å². The highest BCUT2D eigenvalue weighted by Crippen LogP contribution is 2.48. The Hall–Kier alpha value is -0.260. The normalized spacial score (nSPS) is 26.4. The van der Waals surface area contributed by atoms with Gasteiger partial charge in [-0.2, -0.15) is 0 Å². The van der Waals surface area contributed by atoms with Crippen LogP contribution in [0.5, 0.6) is 0 Å². The number of hydrogen-bond acceptors (Lipinski definition) is 0. The minimum Gasteiger partial charge on any atom is -0.0848 e. The van der Waals surface area contributed by atoms with Crippen molar-refractivity contribution in [1.82, 2.24) is 0 Å². The number of allylic oxidation sites excluding steroid dienone is 2. The summed E-state index contributed by atoms with van der Waals surface area (Å²) < 4.78 is 0. The average Bonchev–Trinajstić information content (AvgIpc) is 2.59. The molecule has 0 bridgehead atoms. The van der Waals surface area contributed by atoms with E-state index < -0.39 is 0 Å². The second-order valence-corrected chi connectivity index (χ2v) is 5.02. The Bertz CT molecular complexity index is 194. The molecule has 1 saturated carbocycles. The van der Waals surface area contributed by atoms with Crippen LogP contribution in [0.25, 0.3) is 0 Å². The lowest BCUT2D eigenvalue weighted by Crippen LogP contribution is -2.18. The minimum absolute atomic E-state index is 0.775. The van der Waals surface area contributed by atoms with E-state index in [1.165, 1.54) is 57.8 Å². The van der Waals surface area contributed by atoms with Gasteiger partial charge < -0.3 is 0 Å². The molecule has 0 aromatic rings. The van der Waals surface area contributed by atoms with E-state index in [1.807, 2.05) is 0 Å². The lowest BCUT2D eigenvalue weighted by Gasteiger charge is -2.32. The largest absolute Gasteiger partial charge is 0.0848 e. The maximum Gasteiger partial charge on any atom is -0.0260 e. The average molecular weight is 178 g/mol. The lowest BCUT2D eigenvalue weighted by atomic mass is 9.73. The summed E-state index contributed by atoms with van der Waals surface area (Å²) in [5.41, 5.74) is 2.53. The zero-order valence-corrected chi connectivity index (χ0v) is 8.94. The molecule has 0 aliphatic heterocycles. The smallest absolute Gasteiger partial charge is 0.0260 e. The Labute approximate surface area is 82.4 Å². The van der Waals surface area contributed by atoms with Gasteiger partial charge in [-0.1, -0.05) is 37.8 Å². The lowest BCUT2D eigenvalue weighted by molar-refractivity contribution is 0.261. The van der Waals surface area contributed by atoms with Crippen molar-refractivity contribution < 1.29 is 0 Å². The van der Waals surface area contributed by atoms with Crippen LogP contribution in [0, 0.1) is 5.41 Å². The van der Waals surface area contributed by atoms with Gasteiger partial charge in [-0.05, 0) is 43.9 Å². The molecule has 0 atom stereocenters. The van der Waals surface area contributed by atoms with Gasteiger partial charge in [-0.3, -0.25) is 0 Å². The van der Waals surface area contributed by atoms with Gasteiger partial charge in [0.05, 0.1) is 0 Å². The third-order valence-corrected chi connectivity index (χ3v) is 4.04. The van der Waals surface area contributed by atoms with E-state index in [-0.39, 0.29) is 0 Å². The second-order valence-electron chi connectivity index (χ2n) is 5.02. The molecule has 0 heteroatoms. The van der Waals surface area contributed by atoms with Crippen LogP contribution >= 0.6 is 0 Å². The summed E-state index contributed by atoms with van der Waals surface area (Å²) in [6, 6.07) is 0. The molecule has 0 aromatic carbocycles. The maximum atomic E-state index is 2.57. The highest BCUT2D eigenvalue weighted by atomic mass is 14.4. The van der Waals surface area contributed by atoms with Gasteiger partial charge in [-0.15, -0.1) is 0 Å². The Morgan fingerprint density at radius 3 is 2.54 bits per heavy atom. The van der Waals surface area contributed by atoms with Crippen LogP contribution in [-0.4, -0.2) is 0 Å². The molecule has 1 spiro atoms. The first-order valence-electron chi connectivity index (χ1n) is 6.03. The number of hydrogen-bond donors (Lipinski definition) is 0. The van der Waals surface area contributed by atoms with Crippen LogP contribution in [0.4, 0.5) is 0 Å². The summed E-state index contributed by atoms with van der Waals surface area (Å²) >= 11 is 0. The van der Waals surface area contributed by atoms with Crippen molar-refractivity contribution in [2.75, 3.05) is 0 Å². The first kappa shape index (κ1) is 9.30. The summed E-state index contributed by atoms with van der Waals surface area (Å²) in [7, 11) is 0. The summed E-state index contributed by atoms with van der Waals surface area (Å²) in [6.45, 7) is 2.29. The van der Waals surface area contributed by atoms with Crippen molar-refractivity contribution in [3.8, 4) is 0 Å². The van der Waals surface area contributed by atoms with Crippen LogP contribution in [-0.2, 0) is 0 Å². The summed E-state index contributed by atoms with van der Waals surface area (Å²) in [5.74, 6) is 0. The van der Waals surface area contributed by atoms with Crippen LogP contribution in [0.1, 0.15) is 64.7 Å². The quantitative estimate of drug-likeness (QED) is 0.548. The molecule has 2 rings (SSSR count). The SMILES string of the molecule is CCCC1=CCC2(CCCC2)CC1. The highest BCUT2D eigenvalue weighted by Gasteiger charge is 2.34. The molecule has 74 valence electrons. The Kier molecular flexibility index (Phi) is 2.76. The molecule has 0 saturated heterocycles. The van der Waals surface area contributed by atoms with Crippen molar-refractivity contribution >= 4 is 0 Å². The number of rotatable bonds is 2. The van der Waals surface area contributed by atoms with E-state index in [1.54, 1.807) is 5.57 Å². The van der Waals surface area contributed by atoms with E-state index in [9.17, 15) is 0 Å². The highest BCUT2D eigenvalue weighted by molar-refractivity contribution is 5.10. The van der Waals surface area contributed by atoms with Crippen LogP contribution < -0.4 is 0 Å². The Balaban J connectivity index is 1.94. The van der Waals surface area contributed by atoms with Gasteiger partial charge in [0, 0.05) is 0 Å². The molecule has 1 fully saturated rings. The summed E-state index contributed by atoms with van der Waals surface area (Å²) in [6.07, 6.45) is 15.6. The van der Waals surface area contributed by atoms with Gasteiger partial charge in [0.2, 0.25) is 0 Å². The van der Waals surface area contributed by atoms with Gasteiger partial charge in [0.25, 0.3) is 0 Å². The molecular weight excluding hydrogens is 156 g/mol. The van der Waals surface area contributed by atoms with E-state index >= 15 is 0 Å². The third-order valence-electron chi connectivity index (χ3n) is 4.04. The van der Waals surface area contributed by atoms with E-state index in [4.69, 9.17) is 0 Å². The van der Waals surface area contributed by atoms with Gasteiger partial charge in [0.15, 0.2) is 0 Å². The van der Waals surface area contributed by atoms with E-state index in [0.717, 1.165) is 5.41 Å². The van der Waals surface area contributed by atoms with Gasteiger partial charge >= 0.3 is 0 Å². The standard InChI is InChI=1S/C13H22/c1-2-5-12-6-10-13(11-7-12)8-3-4-9-13/h6H,2-5,7-11H2,1H3. The maximum absolute atomic E-state index is 2.57. The Morgan fingerprint density at radius 1 is 1.23 bits per heavy atom. The van der Waals surface area contributed by atoms with Crippen LogP contribution in [0.3, 0.4) is 0 Å². The molecule has 2 aliphatic carbocycles. The molecule has 2 aliphatic rings. The second kappa shape index (κ2) is 3.86. The van der Waals surface area contributed by atoms with Crippen molar-refractivity contribution in [3.63, 3.8) is 0 Å². The zero-order valence-electron chi connectivity index (χ0n) is 8.94. The van der Waals surface area contributed by atoms with Crippen molar-refractivity contribution in [2.45, 2.75) is 64.7 Å². The monoisotopic (exact) mass is 178 g/mol. The molecule has 0 aromatic heterocycles. The van der Waals surface area contributed by atoms with Crippen LogP contribution in [0.2, 0.25) is 0 Å². The zero-order chi connectivity index (χ0) is 9.15. The topological polar surface area (TPSA) is 0 Å². The van der Waals surface area contributed by atoms with Gasteiger partial charge in [0.1, 0.15) is 0 Å². The molecule has 0 radical (unpaired) electrons. The molecule has 0 unspecified atom stereocenters. The summed E-state index contributed by atoms with van der Waals surface area (Å²) in [4.78, 5) is 0. The predicted octanol–water partition coefficient (Wildman–Crippen LogP) is 4.46. The molecular formula is C13H22. The molecule has 0 amide bonds. The first-order chi connectivity index (χ1) is 6.35. The molecule has 13 heavy (non-hydrogen) atoms. The Morgan fingerprint density at radius 2 is 2.00 bits per heavy atom. The fraction of sp³-hybridized carbons (Fsp3) is 0.846. The van der Waals surface area contributed by atoms with Crippen molar-refractivity contribution in [1.29, 1.82) is 0 Å². The third kappa shape index (κ3) is 1.98. The van der Waals surface area contributed by atoms with E-state index in [0.29, 0.717) is 0 Å². The molecule has 0 N–H and O–H groups in total. The fourth-order valence-electron chi connectivity index (χ4n) is 3.12. The predicted molar refractivity (Wildman–Crippen MR) is 57.7 cm³/mol. The molecule has 0 heterocycles. The van der Waals surface area contributed by atoms with Crippen molar-refractivity contribution in [2.24, 2.45) is 5.41 Å².